The zero-order valence-corrected chi connectivity index (χ0v) is 20.1. The number of alkyl halides is 3. The third-order valence-electron chi connectivity index (χ3n) is 5.76. The Morgan fingerprint density at radius 2 is 1.72 bits per heavy atom. The Kier molecular flexibility index (Phi) is 7.15. The number of rotatable bonds is 5. The maximum atomic E-state index is 14.5. The molecule has 1 fully saturated rings. The van der Waals surface area contributed by atoms with E-state index in [1.807, 2.05) is 4.90 Å². The van der Waals surface area contributed by atoms with Gasteiger partial charge in [0, 0.05) is 42.7 Å². The van der Waals surface area contributed by atoms with Crippen molar-refractivity contribution in [1.29, 1.82) is 0 Å². The van der Waals surface area contributed by atoms with Gasteiger partial charge in [-0.25, -0.2) is 14.2 Å². The molecule has 8 nitrogen and oxygen atoms in total. The van der Waals surface area contributed by atoms with Crippen molar-refractivity contribution in [2.24, 2.45) is 0 Å². The van der Waals surface area contributed by atoms with Crippen LogP contribution in [0.4, 0.5) is 43.9 Å². The van der Waals surface area contributed by atoms with Gasteiger partial charge in [0.2, 0.25) is 5.82 Å². The van der Waals surface area contributed by atoms with Crippen LogP contribution in [-0.4, -0.2) is 42.3 Å². The van der Waals surface area contributed by atoms with Crippen LogP contribution in [0.5, 0.6) is 11.5 Å². The minimum atomic E-state index is -4.60. The number of anilines is 3. The molecule has 1 aliphatic rings. The van der Waals surface area contributed by atoms with Crippen LogP contribution in [0.15, 0.2) is 60.8 Å². The van der Waals surface area contributed by atoms with Gasteiger partial charge in [-0.1, -0.05) is 6.07 Å². The van der Waals surface area contributed by atoms with E-state index in [4.69, 9.17) is 9.47 Å². The number of carbonyl (C=O) groups is 1. The SMILES string of the molecule is O=C(Nc1cccc(C(F)(F)F)c1)Nc1cc(F)c(F)c(Oc2ccc3ncc(N4CCOCC4)nc3c2)c1. The first-order valence-corrected chi connectivity index (χ1v) is 11.7. The molecule has 0 spiro atoms. The molecule has 1 aliphatic heterocycles. The van der Waals surface area contributed by atoms with Gasteiger partial charge in [0.05, 0.1) is 36.0 Å². The van der Waals surface area contributed by atoms with Crippen molar-refractivity contribution in [1.82, 2.24) is 9.97 Å². The largest absolute Gasteiger partial charge is 0.454 e. The first-order chi connectivity index (χ1) is 18.7. The number of nitrogens with zero attached hydrogens (tertiary/aromatic N) is 3. The molecule has 4 aromatic rings. The molecule has 202 valence electrons. The molecule has 0 bridgehead atoms. The zero-order valence-electron chi connectivity index (χ0n) is 20.1. The van der Waals surface area contributed by atoms with Gasteiger partial charge >= 0.3 is 12.2 Å². The normalized spacial score (nSPS) is 13.8. The Morgan fingerprint density at radius 3 is 2.49 bits per heavy atom. The Bertz CT molecular complexity index is 1530. The fourth-order valence-electron chi connectivity index (χ4n) is 3.89. The number of carbonyl (C=O) groups excluding carboxylic acids is 1. The highest BCUT2D eigenvalue weighted by Gasteiger charge is 2.30. The highest BCUT2D eigenvalue weighted by molar-refractivity contribution is 5.99. The number of hydrogen-bond donors (Lipinski definition) is 2. The van der Waals surface area contributed by atoms with E-state index in [9.17, 15) is 26.7 Å². The summed E-state index contributed by atoms with van der Waals surface area (Å²) in [7, 11) is 0. The lowest BCUT2D eigenvalue weighted by atomic mass is 10.2. The summed E-state index contributed by atoms with van der Waals surface area (Å²) < 4.78 is 78.5. The fraction of sp³-hybridized carbons (Fsp3) is 0.192. The first-order valence-electron chi connectivity index (χ1n) is 11.7. The van der Waals surface area contributed by atoms with E-state index >= 15 is 0 Å². The smallest absolute Gasteiger partial charge is 0.416 e. The third-order valence-corrected chi connectivity index (χ3v) is 5.76. The van der Waals surface area contributed by atoms with Gasteiger partial charge in [-0.15, -0.1) is 0 Å². The third kappa shape index (κ3) is 6.14. The van der Waals surface area contributed by atoms with Crippen molar-refractivity contribution in [2.75, 3.05) is 41.8 Å². The van der Waals surface area contributed by atoms with Crippen molar-refractivity contribution >= 4 is 34.3 Å². The van der Waals surface area contributed by atoms with Gasteiger partial charge in [-0.2, -0.15) is 17.6 Å². The number of benzene rings is 3. The minimum absolute atomic E-state index is 0.139. The molecule has 2 amide bonds. The van der Waals surface area contributed by atoms with E-state index < -0.39 is 35.2 Å². The number of fused-ring (bicyclic) bond motifs is 1. The lowest BCUT2D eigenvalue weighted by Gasteiger charge is -2.27. The summed E-state index contributed by atoms with van der Waals surface area (Å²) in [6.07, 6.45) is -2.96. The molecule has 39 heavy (non-hydrogen) atoms. The van der Waals surface area contributed by atoms with Crippen molar-refractivity contribution < 1.29 is 36.2 Å². The number of ether oxygens (including phenoxy) is 2. The van der Waals surface area contributed by atoms with Crippen molar-refractivity contribution in [3.63, 3.8) is 0 Å². The van der Waals surface area contributed by atoms with Crippen molar-refractivity contribution in [3.05, 3.63) is 78.0 Å². The molecule has 0 radical (unpaired) electrons. The second kappa shape index (κ2) is 10.7. The zero-order chi connectivity index (χ0) is 27.6. The topological polar surface area (TPSA) is 88.6 Å². The van der Waals surface area contributed by atoms with Gasteiger partial charge < -0.3 is 25.0 Å². The number of nitrogens with one attached hydrogen (secondary N) is 2. The molecule has 0 atom stereocenters. The number of morpholine rings is 1. The number of urea groups is 1. The Labute approximate surface area is 218 Å². The van der Waals surface area contributed by atoms with Gasteiger partial charge in [0.15, 0.2) is 11.6 Å². The summed E-state index contributed by atoms with van der Waals surface area (Å²) in [5.41, 5.74) is -0.264. The molecule has 3 aromatic carbocycles. The maximum absolute atomic E-state index is 14.5. The van der Waals surface area contributed by atoms with Crippen molar-refractivity contribution in [2.45, 2.75) is 6.18 Å². The van der Waals surface area contributed by atoms with E-state index in [-0.39, 0.29) is 17.1 Å². The van der Waals surface area contributed by atoms with E-state index in [1.54, 1.807) is 12.3 Å². The molecule has 1 aromatic heterocycles. The van der Waals surface area contributed by atoms with E-state index in [1.165, 1.54) is 18.2 Å². The summed E-state index contributed by atoms with van der Waals surface area (Å²) >= 11 is 0. The monoisotopic (exact) mass is 545 g/mol. The summed E-state index contributed by atoms with van der Waals surface area (Å²) in [5, 5.41) is 4.48. The van der Waals surface area contributed by atoms with Crippen LogP contribution >= 0.6 is 0 Å². The first kappa shape index (κ1) is 26.1. The van der Waals surface area contributed by atoms with E-state index in [0.717, 1.165) is 24.3 Å². The average Bonchev–Trinajstić information content (AvgIpc) is 2.91. The van der Waals surface area contributed by atoms with Crippen LogP contribution in [0.25, 0.3) is 11.0 Å². The molecule has 1 saturated heterocycles. The lowest BCUT2D eigenvalue weighted by molar-refractivity contribution is -0.137. The number of halogens is 5. The standard InChI is InChI=1S/C26H20F5N5O3/c27-19-11-17(34-25(37)33-16-3-1-2-15(10-16)26(29,30)31)12-22(24(19)28)39-18-4-5-20-21(13-18)35-23(14-32-20)36-6-8-38-9-7-36/h1-5,10-14H,6-9H2,(H2,33,34,37). The predicted molar refractivity (Wildman–Crippen MR) is 133 cm³/mol. The van der Waals surface area contributed by atoms with Crippen molar-refractivity contribution in [3.8, 4) is 11.5 Å². The molecule has 0 aliphatic carbocycles. The number of amides is 2. The van der Waals surface area contributed by atoms with Gasteiger partial charge in [0.1, 0.15) is 11.6 Å². The minimum Gasteiger partial charge on any atom is -0.454 e. The van der Waals surface area contributed by atoms with E-state index in [0.29, 0.717) is 49.2 Å². The van der Waals surface area contributed by atoms with Crippen LogP contribution in [0.1, 0.15) is 5.56 Å². The molecule has 0 saturated carbocycles. The Hall–Kier alpha value is -4.52. The van der Waals surface area contributed by atoms with Gasteiger partial charge in [-0.3, -0.25) is 4.98 Å². The fourth-order valence-corrected chi connectivity index (χ4v) is 3.89. The Morgan fingerprint density at radius 1 is 0.949 bits per heavy atom. The summed E-state index contributed by atoms with van der Waals surface area (Å²) in [4.78, 5) is 23.3. The second-order valence-electron chi connectivity index (χ2n) is 8.51. The highest BCUT2D eigenvalue weighted by atomic mass is 19.4. The van der Waals surface area contributed by atoms with E-state index in [2.05, 4.69) is 20.6 Å². The molecule has 13 heteroatoms. The maximum Gasteiger partial charge on any atom is 0.416 e. The quantitative estimate of drug-likeness (QED) is 0.291. The number of hydrogen-bond acceptors (Lipinski definition) is 6. The van der Waals surface area contributed by atoms with Gasteiger partial charge in [-0.05, 0) is 30.3 Å². The molecule has 5 rings (SSSR count). The lowest BCUT2D eigenvalue weighted by Crippen LogP contribution is -2.36. The highest BCUT2D eigenvalue weighted by Crippen LogP contribution is 2.32. The summed E-state index contributed by atoms with van der Waals surface area (Å²) in [6, 6.07) is 9.39. The van der Waals surface area contributed by atoms with Crippen LogP contribution in [0.3, 0.4) is 0 Å². The second-order valence-corrected chi connectivity index (χ2v) is 8.51. The number of aromatic nitrogens is 2. The molecular formula is C26H20F5N5O3. The average molecular weight is 545 g/mol. The molecule has 2 heterocycles. The van der Waals surface area contributed by atoms with Gasteiger partial charge in [0.25, 0.3) is 0 Å². The molecule has 2 N–H and O–H groups in total. The van der Waals surface area contributed by atoms with Crippen LogP contribution in [0.2, 0.25) is 0 Å². The molecular weight excluding hydrogens is 525 g/mol. The summed E-state index contributed by atoms with van der Waals surface area (Å²) in [5.74, 6) is -2.36. The van der Waals surface area contributed by atoms with Crippen LogP contribution < -0.4 is 20.3 Å². The predicted octanol–water partition coefficient (Wildman–Crippen LogP) is 6.20. The summed E-state index contributed by atoms with van der Waals surface area (Å²) in [6.45, 7) is 2.44. The molecule has 0 unspecified atom stereocenters. The van der Waals surface area contributed by atoms with Crippen LogP contribution in [0, 0.1) is 11.6 Å². The van der Waals surface area contributed by atoms with Crippen LogP contribution in [-0.2, 0) is 10.9 Å². The Balaban J connectivity index is 1.33.